The normalized spacial score (nSPS) is 12.3. The summed E-state index contributed by atoms with van der Waals surface area (Å²) in [6.45, 7) is 4.69. The standard InChI is InChI=1S/C22H26FN3S/c1-15(2)22-19(13-16-6-8-18(27-3)9-7-16)21-20(5-4-12-25-21)26(22)14-17(23)10-11-24/h4-10,12,15H,11,13-14,24H2,1-3H3/b17-10-. The molecule has 3 aromatic rings. The lowest BCUT2D eigenvalue weighted by molar-refractivity contribution is 0.544. The molecule has 0 fully saturated rings. The van der Waals surface area contributed by atoms with E-state index in [2.05, 4.69) is 53.9 Å². The fourth-order valence-electron chi connectivity index (χ4n) is 3.56. The summed E-state index contributed by atoms with van der Waals surface area (Å²) in [5, 5.41) is 0. The molecule has 0 saturated heterocycles. The van der Waals surface area contributed by atoms with E-state index in [-0.39, 0.29) is 24.8 Å². The zero-order valence-electron chi connectivity index (χ0n) is 16.1. The van der Waals surface area contributed by atoms with Crippen LogP contribution in [0.2, 0.25) is 0 Å². The van der Waals surface area contributed by atoms with Crippen LogP contribution in [0.1, 0.15) is 36.6 Å². The Kier molecular flexibility index (Phi) is 6.34. The Morgan fingerprint density at radius 1 is 1.26 bits per heavy atom. The molecule has 0 atom stereocenters. The van der Waals surface area contributed by atoms with Crippen LogP contribution < -0.4 is 5.73 Å². The summed E-state index contributed by atoms with van der Waals surface area (Å²) in [7, 11) is 0. The summed E-state index contributed by atoms with van der Waals surface area (Å²) in [5.41, 5.74) is 11.0. The SMILES string of the molecule is CSc1ccc(Cc2c(C(C)C)n(C/C(F)=C/CN)c3cccnc23)cc1. The molecule has 1 aromatic carbocycles. The molecule has 0 aliphatic carbocycles. The number of thioether (sulfide) groups is 1. The number of fused-ring (bicyclic) bond motifs is 1. The van der Waals surface area contributed by atoms with Crippen LogP contribution in [-0.4, -0.2) is 22.4 Å². The Morgan fingerprint density at radius 3 is 2.63 bits per heavy atom. The lowest BCUT2D eigenvalue weighted by Crippen LogP contribution is -2.08. The Bertz CT molecular complexity index is 942. The van der Waals surface area contributed by atoms with E-state index in [1.807, 2.05) is 18.3 Å². The fraction of sp³-hybridized carbons (Fsp3) is 0.318. The number of nitrogens with zero attached hydrogens (tertiary/aromatic N) is 2. The van der Waals surface area contributed by atoms with Crippen LogP contribution in [0.3, 0.4) is 0 Å². The van der Waals surface area contributed by atoms with Crippen molar-refractivity contribution in [3.05, 3.63) is 71.3 Å². The highest BCUT2D eigenvalue weighted by molar-refractivity contribution is 7.98. The quantitative estimate of drug-likeness (QED) is 0.564. The molecule has 2 aromatic heterocycles. The second kappa shape index (κ2) is 8.72. The molecular weight excluding hydrogens is 357 g/mol. The summed E-state index contributed by atoms with van der Waals surface area (Å²) in [5.74, 6) is 0.0429. The third-order valence-corrected chi connectivity index (χ3v) is 5.44. The van der Waals surface area contributed by atoms with Gasteiger partial charge in [0.2, 0.25) is 0 Å². The van der Waals surface area contributed by atoms with Crippen molar-refractivity contribution in [1.29, 1.82) is 0 Å². The number of hydrogen-bond donors (Lipinski definition) is 1. The van der Waals surface area contributed by atoms with Crippen molar-refractivity contribution in [3.63, 3.8) is 0 Å². The molecule has 3 rings (SSSR count). The van der Waals surface area contributed by atoms with Gasteiger partial charge in [0.1, 0.15) is 5.83 Å². The number of allylic oxidation sites excluding steroid dienone is 1. The monoisotopic (exact) mass is 383 g/mol. The van der Waals surface area contributed by atoms with Gasteiger partial charge in [0.25, 0.3) is 0 Å². The number of halogens is 1. The topological polar surface area (TPSA) is 43.8 Å². The Balaban J connectivity index is 2.12. The first-order valence-corrected chi connectivity index (χ1v) is 10.4. The zero-order chi connectivity index (χ0) is 19.4. The molecule has 142 valence electrons. The van der Waals surface area contributed by atoms with E-state index in [4.69, 9.17) is 5.73 Å². The minimum absolute atomic E-state index is 0.193. The van der Waals surface area contributed by atoms with Crippen LogP contribution in [0.5, 0.6) is 0 Å². The molecular formula is C22H26FN3S. The van der Waals surface area contributed by atoms with E-state index in [1.165, 1.54) is 22.1 Å². The number of rotatable bonds is 7. The van der Waals surface area contributed by atoms with Crippen LogP contribution in [0.4, 0.5) is 4.39 Å². The van der Waals surface area contributed by atoms with Gasteiger partial charge in [0.15, 0.2) is 0 Å². The number of benzene rings is 1. The van der Waals surface area contributed by atoms with Crippen LogP contribution >= 0.6 is 11.8 Å². The zero-order valence-corrected chi connectivity index (χ0v) is 16.9. The van der Waals surface area contributed by atoms with Gasteiger partial charge in [-0.2, -0.15) is 0 Å². The summed E-state index contributed by atoms with van der Waals surface area (Å²) in [4.78, 5) is 5.88. The van der Waals surface area contributed by atoms with Crippen molar-refractivity contribution < 1.29 is 4.39 Å². The highest BCUT2D eigenvalue weighted by atomic mass is 32.2. The van der Waals surface area contributed by atoms with E-state index in [0.29, 0.717) is 0 Å². The van der Waals surface area contributed by atoms with Crippen molar-refractivity contribution in [2.75, 3.05) is 12.8 Å². The molecule has 0 aliphatic heterocycles. The molecule has 0 amide bonds. The minimum Gasteiger partial charge on any atom is -0.336 e. The Morgan fingerprint density at radius 2 is 2.00 bits per heavy atom. The van der Waals surface area contributed by atoms with E-state index >= 15 is 0 Å². The van der Waals surface area contributed by atoms with Gasteiger partial charge in [0, 0.05) is 35.3 Å². The molecule has 0 bridgehead atoms. The van der Waals surface area contributed by atoms with Crippen LogP contribution in [0.15, 0.2) is 59.4 Å². The van der Waals surface area contributed by atoms with Gasteiger partial charge in [-0.1, -0.05) is 26.0 Å². The summed E-state index contributed by atoms with van der Waals surface area (Å²) in [6.07, 6.45) is 6.11. The van der Waals surface area contributed by atoms with Crippen LogP contribution in [-0.2, 0) is 13.0 Å². The lowest BCUT2D eigenvalue weighted by atomic mass is 9.99. The van der Waals surface area contributed by atoms with Gasteiger partial charge in [0.05, 0.1) is 17.6 Å². The van der Waals surface area contributed by atoms with E-state index in [1.54, 1.807) is 11.8 Å². The molecule has 2 N–H and O–H groups in total. The summed E-state index contributed by atoms with van der Waals surface area (Å²) >= 11 is 1.74. The molecule has 2 heterocycles. The summed E-state index contributed by atoms with van der Waals surface area (Å²) in [6, 6.07) is 12.5. The number of hydrogen-bond acceptors (Lipinski definition) is 3. The van der Waals surface area contributed by atoms with E-state index < -0.39 is 0 Å². The molecule has 0 radical (unpaired) electrons. The van der Waals surface area contributed by atoms with Crippen molar-refractivity contribution >= 4 is 22.8 Å². The first-order valence-electron chi connectivity index (χ1n) is 9.18. The number of nitrogens with two attached hydrogens (primary N) is 1. The second-order valence-electron chi connectivity index (χ2n) is 6.89. The highest BCUT2D eigenvalue weighted by Crippen LogP contribution is 2.33. The highest BCUT2D eigenvalue weighted by Gasteiger charge is 2.21. The van der Waals surface area contributed by atoms with Crippen LogP contribution in [0.25, 0.3) is 11.0 Å². The third-order valence-electron chi connectivity index (χ3n) is 4.70. The van der Waals surface area contributed by atoms with Gasteiger partial charge in [-0.15, -0.1) is 11.8 Å². The fourth-order valence-corrected chi connectivity index (χ4v) is 3.97. The van der Waals surface area contributed by atoms with Crippen molar-refractivity contribution in [3.8, 4) is 0 Å². The predicted octanol–water partition coefficient (Wildman–Crippen LogP) is 5.28. The minimum atomic E-state index is -0.212. The van der Waals surface area contributed by atoms with Crippen LogP contribution in [0, 0.1) is 0 Å². The van der Waals surface area contributed by atoms with Crippen molar-refractivity contribution in [1.82, 2.24) is 9.55 Å². The maximum Gasteiger partial charge on any atom is 0.117 e. The molecule has 5 heteroatoms. The maximum absolute atomic E-state index is 14.3. The average molecular weight is 384 g/mol. The molecule has 0 saturated carbocycles. The van der Waals surface area contributed by atoms with Crippen molar-refractivity contribution in [2.45, 2.75) is 37.6 Å². The van der Waals surface area contributed by atoms with Gasteiger partial charge >= 0.3 is 0 Å². The lowest BCUT2D eigenvalue weighted by Gasteiger charge is -2.15. The number of pyridine rings is 1. The first kappa shape index (κ1) is 19.6. The number of aromatic nitrogens is 2. The maximum atomic E-state index is 14.3. The van der Waals surface area contributed by atoms with Gasteiger partial charge in [-0.25, -0.2) is 4.39 Å². The van der Waals surface area contributed by atoms with Gasteiger partial charge < -0.3 is 10.3 Å². The first-order chi connectivity index (χ1) is 13.0. The van der Waals surface area contributed by atoms with Gasteiger partial charge in [-0.3, -0.25) is 4.98 Å². The average Bonchev–Trinajstić information content (AvgIpc) is 2.96. The Hall–Kier alpha value is -2.11. The van der Waals surface area contributed by atoms with E-state index in [0.717, 1.165) is 23.1 Å². The molecule has 0 unspecified atom stereocenters. The predicted molar refractivity (Wildman–Crippen MR) is 113 cm³/mol. The second-order valence-corrected chi connectivity index (χ2v) is 7.77. The largest absolute Gasteiger partial charge is 0.336 e. The molecule has 0 spiro atoms. The van der Waals surface area contributed by atoms with E-state index in [9.17, 15) is 4.39 Å². The molecule has 3 nitrogen and oxygen atoms in total. The van der Waals surface area contributed by atoms with Crippen molar-refractivity contribution in [2.24, 2.45) is 5.73 Å². The Labute approximate surface area is 164 Å². The van der Waals surface area contributed by atoms with Gasteiger partial charge in [-0.05, 0) is 48.1 Å². The smallest absolute Gasteiger partial charge is 0.117 e. The molecule has 27 heavy (non-hydrogen) atoms. The summed E-state index contributed by atoms with van der Waals surface area (Å²) < 4.78 is 16.4. The third kappa shape index (κ3) is 4.25. The molecule has 0 aliphatic rings.